The molecule has 2 heterocycles. The third kappa shape index (κ3) is 3.61. The van der Waals surface area contributed by atoms with Crippen LogP contribution in [0, 0.1) is 0 Å². The van der Waals surface area contributed by atoms with Gasteiger partial charge in [-0.1, -0.05) is 28.1 Å². The van der Waals surface area contributed by atoms with E-state index in [1.54, 1.807) is 0 Å². The molecule has 1 aromatic carbocycles. The highest BCUT2D eigenvalue weighted by Crippen LogP contribution is 2.23. The molecule has 0 spiro atoms. The van der Waals surface area contributed by atoms with Crippen molar-refractivity contribution in [3.8, 4) is 0 Å². The Morgan fingerprint density at radius 1 is 1.30 bits per heavy atom. The lowest BCUT2D eigenvalue weighted by Gasteiger charge is -2.23. The summed E-state index contributed by atoms with van der Waals surface area (Å²) in [5.74, 6) is 0.817. The summed E-state index contributed by atoms with van der Waals surface area (Å²) in [6, 6.07) is 7.91. The van der Waals surface area contributed by atoms with E-state index in [2.05, 4.69) is 20.9 Å². The first-order valence-electron chi connectivity index (χ1n) is 7.41. The first kappa shape index (κ1) is 14.1. The monoisotopic (exact) mass is 337 g/mol. The number of aromatic nitrogens is 1. The highest BCUT2D eigenvalue weighted by molar-refractivity contribution is 9.09. The maximum absolute atomic E-state index is 5.77. The van der Waals surface area contributed by atoms with E-state index in [1.165, 1.54) is 19.3 Å². The van der Waals surface area contributed by atoms with E-state index in [0.29, 0.717) is 10.9 Å². The van der Waals surface area contributed by atoms with Crippen molar-refractivity contribution in [2.45, 2.75) is 49.5 Å². The number of hydrogen-bond acceptors (Lipinski definition) is 3. The normalized spacial score (nSPS) is 21.1. The maximum Gasteiger partial charge on any atom is 0.196 e. The lowest BCUT2D eigenvalue weighted by atomic mass is 10.0. The van der Waals surface area contributed by atoms with Gasteiger partial charge in [0.25, 0.3) is 0 Å². The molecule has 3 rings (SSSR count). The summed E-state index contributed by atoms with van der Waals surface area (Å²) < 4.78 is 11.5. The minimum Gasteiger partial charge on any atom is -0.441 e. The Kier molecular flexibility index (Phi) is 4.73. The predicted molar refractivity (Wildman–Crippen MR) is 83.3 cm³/mol. The van der Waals surface area contributed by atoms with Crippen LogP contribution < -0.4 is 0 Å². The fourth-order valence-corrected chi connectivity index (χ4v) is 3.24. The molecule has 1 saturated heterocycles. The molecule has 1 aliphatic heterocycles. The topological polar surface area (TPSA) is 35.3 Å². The van der Waals surface area contributed by atoms with Crippen LogP contribution in [0.1, 0.15) is 38.0 Å². The van der Waals surface area contributed by atoms with Gasteiger partial charge in [0.15, 0.2) is 11.5 Å². The fourth-order valence-electron chi connectivity index (χ4n) is 2.70. The van der Waals surface area contributed by atoms with Gasteiger partial charge in [0.2, 0.25) is 0 Å². The van der Waals surface area contributed by atoms with Crippen LogP contribution in [0.2, 0.25) is 0 Å². The number of fused-ring (bicyclic) bond motifs is 1. The van der Waals surface area contributed by atoms with Crippen LogP contribution in [0.3, 0.4) is 0 Å². The Bertz CT molecular complexity index is 515. The van der Waals surface area contributed by atoms with Gasteiger partial charge in [0.05, 0.1) is 6.10 Å². The number of benzene rings is 1. The summed E-state index contributed by atoms with van der Waals surface area (Å²) in [5.41, 5.74) is 1.82. The molecule has 2 atom stereocenters. The quantitative estimate of drug-likeness (QED) is 0.754. The molecule has 4 heteroatoms. The van der Waals surface area contributed by atoms with Crippen LogP contribution in [-0.4, -0.2) is 22.5 Å². The molecule has 108 valence electrons. The summed E-state index contributed by atoms with van der Waals surface area (Å²) in [6.45, 7) is 0.933. The Morgan fingerprint density at radius 2 is 2.20 bits per heavy atom. The Balaban J connectivity index is 1.51. The number of para-hydroxylation sites is 2. The standard InChI is InChI=1S/C16H20BrNO2/c17-12(8-9-13-5-3-4-10-19-13)11-16-18-14-6-1-2-7-15(14)20-16/h1-2,6-7,12-13H,3-5,8-11H2. The van der Waals surface area contributed by atoms with E-state index in [0.717, 1.165) is 42.9 Å². The Labute approximate surface area is 127 Å². The number of hydrogen-bond donors (Lipinski definition) is 0. The second-order valence-corrected chi connectivity index (χ2v) is 6.74. The average Bonchev–Trinajstić information content (AvgIpc) is 2.88. The van der Waals surface area contributed by atoms with Crippen LogP contribution in [0.5, 0.6) is 0 Å². The van der Waals surface area contributed by atoms with E-state index >= 15 is 0 Å². The molecule has 0 saturated carbocycles. The first-order valence-corrected chi connectivity index (χ1v) is 8.33. The zero-order chi connectivity index (χ0) is 13.8. The van der Waals surface area contributed by atoms with Crippen molar-refractivity contribution >= 4 is 27.0 Å². The molecule has 1 aromatic heterocycles. The van der Waals surface area contributed by atoms with Gasteiger partial charge in [-0.25, -0.2) is 4.98 Å². The van der Waals surface area contributed by atoms with Crippen molar-refractivity contribution in [1.82, 2.24) is 4.98 Å². The zero-order valence-electron chi connectivity index (χ0n) is 11.6. The number of alkyl halides is 1. The molecule has 20 heavy (non-hydrogen) atoms. The summed E-state index contributed by atoms with van der Waals surface area (Å²) in [4.78, 5) is 4.92. The molecule has 0 radical (unpaired) electrons. The van der Waals surface area contributed by atoms with Crippen molar-refractivity contribution in [3.05, 3.63) is 30.2 Å². The minimum atomic E-state index is 0.404. The van der Waals surface area contributed by atoms with Crippen molar-refractivity contribution < 1.29 is 9.15 Å². The van der Waals surface area contributed by atoms with Crippen molar-refractivity contribution in [2.24, 2.45) is 0 Å². The Morgan fingerprint density at radius 3 is 3.00 bits per heavy atom. The zero-order valence-corrected chi connectivity index (χ0v) is 13.1. The molecular weight excluding hydrogens is 318 g/mol. The minimum absolute atomic E-state index is 0.404. The predicted octanol–water partition coefficient (Wildman–Crippen LogP) is 4.48. The van der Waals surface area contributed by atoms with Crippen molar-refractivity contribution in [2.75, 3.05) is 6.61 Å². The Hall–Kier alpha value is -0.870. The molecule has 0 amide bonds. The van der Waals surface area contributed by atoms with Gasteiger partial charge in [-0.15, -0.1) is 0 Å². The summed E-state index contributed by atoms with van der Waals surface area (Å²) in [7, 11) is 0. The van der Waals surface area contributed by atoms with E-state index in [4.69, 9.17) is 9.15 Å². The number of halogens is 1. The van der Waals surface area contributed by atoms with E-state index in [1.807, 2.05) is 24.3 Å². The van der Waals surface area contributed by atoms with Gasteiger partial charge in [0, 0.05) is 17.9 Å². The molecule has 0 N–H and O–H groups in total. The molecule has 1 aliphatic rings. The largest absolute Gasteiger partial charge is 0.441 e. The van der Waals surface area contributed by atoms with Crippen molar-refractivity contribution in [3.63, 3.8) is 0 Å². The van der Waals surface area contributed by atoms with Crippen LogP contribution >= 0.6 is 15.9 Å². The van der Waals surface area contributed by atoms with Gasteiger partial charge in [0.1, 0.15) is 5.52 Å². The van der Waals surface area contributed by atoms with Crippen LogP contribution in [0.25, 0.3) is 11.1 Å². The number of oxazole rings is 1. The summed E-state index contributed by atoms with van der Waals surface area (Å²) in [5, 5.41) is 0. The van der Waals surface area contributed by atoms with Gasteiger partial charge in [-0.3, -0.25) is 0 Å². The third-order valence-electron chi connectivity index (χ3n) is 3.81. The molecule has 0 aliphatic carbocycles. The maximum atomic E-state index is 5.77. The van der Waals surface area contributed by atoms with Crippen LogP contribution in [0.15, 0.2) is 28.7 Å². The number of nitrogens with zero attached hydrogens (tertiary/aromatic N) is 1. The van der Waals surface area contributed by atoms with Gasteiger partial charge >= 0.3 is 0 Å². The molecule has 2 unspecified atom stereocenters. The number of rotatable bonds is 5. The number of ether oxygens (including phenoxy) is 1. The smallest absolute Gasteiger partial charge is 0.196 e. The highest BCUT2D eigenvalue weighted by atomic mass is 79.9. The highest BCUT2D eigenvalue weighted by Gasteiger charge is 2.17. The SMILES string of the molecule is BrC(CCC1CCCCO1)Cc1nc2ccccc2o1. The first-order chi connectivity index (χ1) is 9.81. The van der Waals surface area contributed by atoms with Crippen LogP contribution in [-0.2, 0) is 11.2 Å². The van der Waals surface area contributed by atoms with Crippen LogP contribution in [0.4, 0.5) is 0 Å². The molecule has 1 fully saturated rings. The fraction of sp³-hybridized carbons (Fsp3) is 0.562. The van der Waals surface area contributed by atoms with Gasteiger partial charge in [-0.05, 0) is 44.2 Å². The van der Waals surface area contributed by atoms with E-state index in [-0.39, 0.29) is 0 Å². The van der Waals surface area contributed by atoms with Gasteiger partial charge < -0.3 is 9.15 Å². The summed E-state index contributed by atoms with van der Waals surface area (Å²) >= 11 is 3.74. The van der Waals surface area contributed by atoms with Gasteiger partial charge in [-0.2, -0.15) is 0 Å². The van der Waals surface area contributed by atoms with E-state index in [9.17, 15) is 0 Å². The molecule has 2 aromatic rings. The molecule has 3 nitrogen and oxygen atoms in total. The molecular formula is C16H20BrNO2. The van der Waals surface area contributed by atoms with Crippen molar-refractivity contribution in [1.29, 1.82) is 0 Å². The second kappa shape index (κ2) is 6.72. The average molecular weight is 338 g/mol. The third-order valence-corrected chi connectivity index (χ3v) is 4.59. The summed E-state index contributed by atoms with van der Waals surface area (Å²) in [6.07, 6.45) is 7.25. The molecule has 0 bridgehead atoms. The van der Waals surface area contributed by atoms with E-state index < -0.39 is 0 Å². The lowest BCUT2D eigenvalue weighted by molar-refractivity contribution is 0.0101. The second-order valence-electron chi connectivity index (χ2n) is 5.44. The lowest BCUT2D eigenvalue weighted by Crippen LogP contribution is -2.20.